The highest BCUT2D eigenvalue weighted by molar-refractivity contribution is 5.85. The van der Waals surface area contributed by atoms with Gasteiger partial charge in [0.05, 0.1) is 11.1 Å². The van der Waals surface area contributed by atoms with E-state index in [1.807, 2.05) is 48.2 Å². The normalized spacial score (nSPS) is 14.6. The first-order valence-corrected chi connectivity index (χ1v) is 10.0. The van der Waals surface area contributed by atoms with Crippen molar-refractivity contribution >= 4 is 16.8 Å². The van der Waals surface area contributed by atoms with Crippen LogP contribution < -0.4 is 4.74 Å². The molecular weight excluding hydrogens is 362 g/mol. The molecule has 146 valence electrons. The molecule has 0 unspecified atom stereocenters. The lowest BCUT2D eigenvalue weighted by Gasteiger charge is -2.32. The lowest BCUT2D eigenvalue weighted by atomic mass is 10.0. The highest BCUT2D eigenvalue weighted by Gasteiger charge is 2.22. The van der Waals surface area contributed by atoms with Crippen molar-refractivity contribution in [2.24, 2.45) is 0 Å². The van der Waals surface area contributed by atoms with Gasteiger partial charge in [-0.3, -0.25) is 9.78 Å². The molecule has 1 saturated heterocycles. The van der Waals surface area contributed by atoms with Gasteiger partial charge >= 0.3 is 0 Å². The summed E-state index contributed by atoms with van der Waals surface area (Å²) in [5.41, 5.74) is 3.60. The average molecular weight is 385 g/mol. The van der Waals surface area contributed by atoms with Gasteiger partial charge in [-0.15, -0.1) is 0 Å². The van der Waals surface area contributed by atoms with Crippen LogP contribution in [-0.4, -0.2) is 35.0 Å². The van der Waals surface area contributed by atoms with E-state index >= 15 is 0 Å². The lowest BCUT2D eigenvalue weighted by molar-refractivity contribution is -0.132. The molecule has 0 spiro atoms. The molecule has 1 aliphatic heterocycles. The molecular formula is C24H23N3O2. The molecule has 0 radical (unpaired) electrons. The van der Waals surface area contributed by atoms with Crippen LogP contribution in [0.4, 0.5) is 0 Å². The van der Waals surface area contributed by atoms with Crippen molar-refractivity contribution in [2.75, 3.05) is 13.1 Å². The fourth-order valence-electron chi connectivity index (χ4n) is 3.73. The first-order valence-electron chi connectivity index (χ1n) is 10.0. The molecule has 4 rings (SSSR count). The molecule has 0 bridgehead atoms. The molecule has 29 heavy (non-hydrogen) atoms. The lowest BCUT2D eigenvalue weighted by Crippen LogP contribution is -2.41. The number of hydrogen-bond acceptors (Lipinski definition) is 4. The summed E-state index contributed by atoms with van der Waals surface area (Å²) in [6.45, 7) is 3.45. The Morgan fingerprint density at radius 2 is 1.86 bits per heavy atom. The predicted octanol–water partition coefficient (Wildman–Crippen LogP) is 4.55. The van der Waals surface area contributed by atoms with Crippen LogP contribution in [0.3, 0.4) is 0 Å². The van der Waals surface area contributed by atoms with E-state index in [4.69, 9.17) is 10.00 Å². The van der Waals surface area contributed by atoms with Gasteiger partial charge in [-0.1, -0.05) is 31.2 Å². The van der Waals surface area contributed by atoms with Gasteiger partial charge in [0.1, 0.15) is 17.9 Å². The molecule has 1 aliphatic rings. The summed E-state index contributed by atoms with van der Waals surface area (Å²) in [7, 11) is 0. The molecule has 0 saturated carbocycles. The molecule has 5 heteroatoms. The molecule has 0 atom stereocenters. The van der Waals surface area contributed by atoms with Gasteiger partial charge in [-0.05, 0) is 35.4 Å². The molecule has 3 aromatic rings. The maximum absolute atomic E-state index is 11.8. The Balaban J connectivity index is 1.42. The van der Waals surface area contributed by atoms with Gasteiger partial charge in [0.25, 0.3) is 0 Å². The van der Waals surface area contributed by atoms with Crippen molar-refractivity contribution in [3.63, 3.8) is 0 Å². The van der Waals surface area contributed by atoms with Crippen LogP contribution in [0.1, 0.15) is 31.7 Å². The number of aromatic nitrogens is 1. The van der Waals surface area contributed by atoms with Gasteiger partial charge in [-0.2, -0.15) is 5.26 Å². The van der Waals surface area contributed by atoms with Crippen LogP contribution in [0.15, 0.2) is 54.7 Å². The number of piperidine rings is 1. The van der Waals surface area contributed by atoms with Gasteiger partial charge in [0.2, 0.25) is 5.91 Å². The van der Waals surface area contributed by atoms with E-state index in [1.54, 1.807) is 6.20 Å². The van der Waals surface area contributed by atoms with Crippen LogP contribution in [0.5, 0.6) is 5.75 Å². The Morgan fingerprint density at radius 3 is 2.55 bits per heavy atom. The van der Waals surface area contributed by atoms with Gasteiger partial charge in [-0.25, -0.2) is 0 Å². The van der Waals surface area contributed by atoms with Crippen molar-refractivity contribution < 1.29 is 9.53 Å². The molecule has 1 aromatic heterocycles. The Hall–Kier alpha value is -3.39. The largest absolute Gasteiger partial charge is 0.490 e. The number of amides is 1. The number of carbonyl (C=O) groups excluding carboxylic acids is 1. The van der Waals surface area contributed by atoms with E-state index in [9.17, 15) is 4.79 Å². The summed E-state index contributed by atoms with van der Waals surface area (Å²) in [4.78, 5) is 18.1. The minimum atomic E-state index is 0.154. The zero-order valence-electron chi connectivity index (χ0n) is 16.5. The monoisotopic (exact) mass is 385 g/mol. The Labute approximate surface area is 170 Å². The number of likely N-dealkylation sites (tertiary alicyclic amines) is 1. The average Bonchev–Trinajstić information content (AvgIpc) is 2.79. The summed E-state index contributed by atoms with van der Waals surface area (Å²) in [6.07, 6.45) is 4.06. The summed E-state index contributed by atoms with van der Waals surface area (Å²) >= 11 is 0. The number of carbonyl (C=O) groups is 1. The minimum Gasteiger partial charge on any atom is -0.490 e. The fourth-order valence-corrected chi connectivity index (χ4v) is 3.73. The quantitative estimate of drug-likeness (QED) is 0.661. The number of nitrogens with zero attached hydrogens (tertiary/aromatic N) is 3. The SMILES string of the molecule is CCC(=O)N1CCC(Oc2ccc(-c3ccc4cc(C#N)cnc4c3)cc2)CC1. The van der Waals surface area contributed by atoms with E-state index < -0.39 is 0 Å². The van der Waals surface area contributed by atoms with Crippen LogP contribution in [0.25, 0.3) is 22.0 Å². The number of nitriles is 1. The van der Waals surface area contributed by atoms with Crippen molar-refractivity contribution in [1.29, 1.82) is 5.26 Å². The predicted molar refractivity (Wildman–Crippen MR) is 112 cm³/mol. The minimum absolute atomic E-state index is 0.154. The first-order chi connectivity index (χ1) is 14.2. The number of hydrogen-bond donors (Lipinski definition) is 0. The van der Waals surface area contributed by atoms with Gasteiger partial charge < -0.3 is 9.64 Å². The van der Waals surface area contributed by atoms with Crippen LogP contribution in [0, 0.1) is 11.3 Å². The number of fused-ring (bicyclic) bond motifs is 1. The number of rotatable bonds is 4. The van der Waals surface area contributed by atoms with Gasteiger partial charge in [0.15, 0.2) is 0 Å². The molecule has 2 aromatic carbocycles. The Kier molecular flexibility index (Phi) is 5.44. The zero-order valence-corrected chi connectivity index (χ0v) is 16.5. The second-order valence-electron chi connectivity index (χ2n) is 7.32. The molecule has 1 amide bonds. The van der Waals surface area contributed by atoms with Gasteiger partial charge in [0, 0.05) is 43.9 Å². The third kappa shape index (κ3) is 4.22. The van der Waals surface area contributed by atoms with E-state index in [1.165, 1.54) is 0 Å². The highest BCUT2D eigenvalue weighted by Crippen LogP contribution is 2.27. The maximum Gasteiger partial charge on any atom is 0.222 e. The number of ether oxygens (including phenoxy) is 1. The summed E-state index contributed by atoms with van der Waals surface area (Å²) < 4.78 is 6.12. The maximum atomic E-state index is 11.8. The smallest absolute Gasteiger partial charge is 0.222 e. The van der Waals surface area contributed by atoms with Crippen molar-refractivity contribution in [3.05, 3.63) is 60.3 Å². The molecule has 0 N–H and O–H groups in total. The van der Waals surface area contributed by atoms with E-state index in [0.29, 0.717) is 12.0 Å². The Bertz CT molecular complexity index is 1060. The third-order valence-electron chi connectivity index (χ3n) is 5.40. The highest BCUT2D eigenvalue weighted by atomic mass is 16.5. The summed E-state index contributed by atoms with van der Waals surface area (Å²) in [5.74, 6) is 1.08. The third-order valence-corrected chi connectivity index (χ3v) is 5.40. The molecule has 0 aliphatic carbocycles. The fraction of sp³-hybridized carbons (Fsp3) is 0.292. The van der Waals surface area contributed by atoms with Crippen LogP contribution in [0.2, 0.25) is 0 Å². The molecule has 1 fully saturated rings. The number of benzene rings is 2. The first kappa shape index (κ1) is 18.9. The van der Waals surface area contributed by atoms with Crippen LogP contribution >= 0.6 is 0 Å². The van der Waals surface area contributed by atoms with Crippen LogP contribution in [-0.2, 0) is 4.79 Å². The number of pyridine rings is 1. The summed E-state index contributed by atoms with van der Waals surface area (Å²) in [6, 6.07) is 18.1. The topological polar surface area (TPSA) is 66.2 Å². The van der Waals surface area contributed by atoms with Crippen molar-refractivity contribution in [1.82, 2.24) is 9.88 Å². The van der Waals surface area contributed by atoms with E-state index in [-0.39, 0.29) is 12.0 Å². The zero-order chi connectivity index (χ0) is 20.2. The second kappa shape index (κ2) is 8.32. The Morgan fingerprint density at radius 1 is 1.14 bits per heavy atom. The van der Waals surface area contributed by atoms with E-state index in [2.05, 4.69) is 23.2 Å². The second-order valence-corrected chi connectivity index (χ2v) is 7.32. The van der Waals surface area contributed by atoms with E-state index in [0.717, 1.165) is 53.7 Å². The van der Waals surface area contributed by atoms with Crippen molar-refractivity contribution in [2.45, 2.75) is 32.3 Å². The summed E-state index contributed by atoms with van der Waals surface area (Å²) in [5, 5.41) is 9.96. The molecule has 5 nitrogen and oxygen atoms in total. The standard InChI is InChI=1S/C24H23N3O2/c1-2-24(28)27-11-9-22(10-12-27)29-21-7-5-18(6-8-21)19-3-4-20-13-17(15-25)16-26-23(20)14-19/h3-8,13-14,16,22H,2,9-12H2,1H3. The van der Waals surface area contributed by atoms with Crippen molar-refractivity contribution in [3.8, 4) is 22.9 Å². The molecule has 2 heterocycles.